The predicted molar refractivity (Wildman–Crippen MR) is 97.7 cm³/mol. The molecule has 1 aliphatic rings. The molecule has 0 aromatic heterocycles. The molecule has 1 heterocycles. The highest BCUT2D eigenvalue weighted by atomic mass is 19.1. The Kier molecular flexibility index (Phi) is 5.59. The van der Waals surface area contributed by atoms with Crippen LogP contribution in [-0.2, 0) is 4.79 Å². The minimum absolute atomic E-state index is 0.0798. The number of hydrogen-bond donors (Lipinski definition) is 2. The number of nitrogens with one attached hydrogen (secondary N) is 2. The lowest BCUT2D eigenvalue weighted by molar-refractivity contribution is -0.122. The van der Waals surface area contributed by atoms with E-state index < -0.39 is 11.7 Å². The number of halogens is 1. The van der Waals surface area contributed by atoms with E-state index in [2.05, 4.69) is 10.6 Å². The summed E-state index contributed by atoms with van der Waals surface area (Å²) in [6.07, 6.45) is 0.829. The highest BCUT2D eigenvalue weighted by molar-refractivity contribution is 5.97. The third kappa shape index (κ3) is 4.55. The summed E-state index contributed by atoms with van der Waals surface area (Å²) in [6, 6.07) is 8.77. The summed E-state index contributed by atoms with van der Waals surface area (Å²) in [5, 5.41) is 5.49. The van der Waals surface area contributed by atoms with Gasteiger partial charge in [-0.3, -0.25) is 9.59 Å². The van der Waals surface area contributed by atoms with Gasteiger partial charge in [0, 0.05) is 19.0 Å². The van der Waals surface area contributed by atoms with E-state index in [-0.39, 0.29) is 29.7 Å². The Morgan fingerprint density at radius 3 is 2.70 bits per heavy atom. The quantitative estimate of drug-likeness (QED) is 0.846. The number of aryl methyl sites for hydroxylation is 1. The number of piperidine rings is 1. The van der Waals surface area contributed by atoms with E-state index in [9.17, 15) is 14.0 Å². The van der Waals surface area contributed by atoms with Gasteiger partial charge in [0.05, 0.1) is 12.7 Å². The Morgan fingerprint density at radius 1 is 1.22 bits per heavy atom. The molecule has 7 heteroatoms. The molecule has 0 spiro atoms. The molecule has 1 atom stereocenters. The minimum Gasteiger partial charge on any atom is -0.497 e. The van der Waals surface area contributed by atoms with Crippen LogP contribution in [-0.4, -0.2) is 31.5 Å². The van der Waals surface area contributed by atoms with Crippen molar-refractivity contribution in [1.82, 2.24) is 10.6 Å². The van der Waals surface area contributed by atoms with E-state index in [4.69, 9.17) is 9.47 Å². The van der Waals surface area contributed by atoms with E-state index in [1.165, 1.54) is 12.1 Å². The van der Waals surface area contributed by atoms with Gasteiger partial charge in [0.25, 0.3) is 5.91 Å². The first-order valence-electron chi connectivity index (χ1n) is 8.66. The fourth-order valence-corrected chi connectivity index (χ4v) is 2.92. The summed E-state index contributed by atoms with van der Waals surface area (Å²) in [5.74, 6) is 0.329. The molecule has 1 fully saturated rings. The van der Waals surface area contributed by atoms with E-state index in [0.717, 1.165) is 11.6 Å². The molecular weight excluding hydrogens is 351 g/mol. The van der Waals surface area contributed by atoms with Crippen molar-refractivity contribution < 1.29 is 23.5 Å². The average Bonchev–Trinajstić information content (AvgIpc) is 2.64. The number of methoxy groups -OCH3 is 1. The molecule has 0 radical (unpaired) electrons. The van der Waals surface area contributed by atoms with Gasteiger partial charge in [-0.1, -0.05) is 0 Å². The molecule has 6 nitrogen and oxygen atoms in total. The topological polar surface area (TPSA) is 76.7 Å². The van der Waals surface area contributed by atoms with E-state index in [1.54, 1.807) is 25.3 Å². The lowest BCUT2D eigenvalue weighted by Crippen LogP contribution is -2.45. The summed E-state index contributed by atoms with van der Waals surface area (Å²) in [5.41, 5.74) is 0.894. The molecule has 0 saturated carbocycles. The Hall–Kier alpha value is -3.09. The first kappa shape index (κ1) is 18.7. The Morgan fingerprint density at radius 2 is 2.00 bits per heavy atom. The van der Waals surface area contributed by atoms with Crippen molar-refractivity contribution in [2.75, 3.05) is 13.7 Å². The molecule has 2 aromatic rings. The summed E-state index contributed by atoms with van der Waals surface area (Å²) in [4.78, 5) is 24.1. The molecule has 1 unspecified atom stereocenters. The van der Waals surface area contributed by atoms with Gasteiger partial charge in [-0.2, -0.15) is 0 Å². The maximum atomic E-state index is 13.7. The predicted octanol–water partition coefficient (Wildman–Crippen LogP) is 2.94. The molecule has 0 aliphatic carbocycles. The molecule has 27 heavy (non-hydrogen) atoms. The van der Waals surface area contributed by atoms with Crippen molar-refractivity contribution in [2.24, 2.45) is 0 Å². The average molecular weight is 372 g/mol. The second-order valence-electron chi connectivity index (χ2n) is 6.39. The standard InChI is InChI=1S/C20H21FN2O4/c1-12-9-15(26-2)4-6-17(12)27-18-5-3-13(21)10-16(18)20(25)23-14-7-8-22-19(24)11-14/h3-6,9-10,14H,7-8,11H2,1-2H3,(H,22,24)(H,23,25). The van der Waals surface area contributed by atoms with Gasteiger partial charge in [0.15, 0.2) is 0 Å². The van der Waals surface area contributed by atoms with Crippen molar-refractivity contribution in [1.29, 1.82) is 0 Å². The highest BCUT2D eigenvalue weighted by Gasteiger charge is 2.23. The van der Waals surface area contributed by atoms with Crippen molar-refractivity contribution >= 4 is 11.8 Å². The molecule has 1 saturated heterocycles. The van der Waals surface area contributed by atoms with Crippen molar-refractivity contribution in [2.45, 2.75) is 25.8 Å². The van der Waals surface area contributed by atoms with E-state index >= 15 is 0 Å². The zero-order valence-corrected chi connectivity index (χ0v) is 15.2. The molecular formula is C20H21FN2O4. The van der Waals surface area contributed by atoms with Gasteiger partial charge in [-0.15, -0.1) is 0 Å². The van der Waals surface area contributed by atoms with Gasteiger partial charge in [-0.05, 0) is 55.3 Å². The van der Waals surface area contributed by atoms with Crippen LogP contribution in [0.4, 0.5) is 4.39 Å². The number of carbonyl (C=O) groups is 2. The number of hydrogen-bond acceptors (Lipinski definition) is 4. The van der Waals surface area contributed by atoms with Crippen LogP contribution in [0.3, 0.4) is 0 Å². The molecule has 2 N–H and O–H groups in total. The summed E-state index contributed by atoms with van der Waals surface area (Å²) in [7, 11) is 1.57. The normalized spacial score (nSPS) is 16.4. The number of benzene rings is 2. The van der Waals surface area contributed by atoms with Gasteiger partial charge in [-0.25, -0.2) is 4.39 Å². The Balaban J connectivity index is 1.82. The van der Waals surface area contributed by atoms with Gasteiger partial charge < -0.3 is 20.1 Å². The fraction of sp³-hybridized carbons (Fsp3) is 0.300. The fourth-order valence-electron chi connectivity index (χ4n) is 2.92. The minimum atomic E-state index is -0.541. The zero-order chi connectivity index (χ0) is 19.4. The lowest BCUT2D eigenvalue weighted by atomic mass is 10.1. The Bertz CT molecular complexity index is 869. The zero-order valence-electron chi connectivity index (χ0n) is 15.2. The van der Waals surface area contributed by atoms with Gasteiger partial charge in [0.2, 0.25) is 5.91 Å². The van der Waals surface area contributed by atoms with E-state index in [0.29, 0.717) is 24.5 Å². The molecule has 2 amide bonds. The number of rotatable bonds is 5. The monoisotopic (exact) mass is 372 g/mol. The van der Waals surface area contributed by atoms with Crippen LogP contribution in [0.15, 0.2) is 36.4 Å². The highest BCUT2D eigenvalue weighted by Crippen LogP contribution is 2.30. The van der Waals surface area contributed by atoms with Gasteiger partial charge in [0.1, 0.15) is 23.1 Å². The Labute approximate surface area is 156 Å². The van der Waals surface area contributed by atoms with Crippen LogP contribution in [0.2, 0.25) is 0 Å². The number of carbonyl (C=O) groups excluding carboxylic acids is 2. The summed E-state index contributed by atoms with van der Waals surface area (Å²) < 4.78 is 24.8. The first-order valence-corrected chi connectivity index (χ1v) is 8.66. The first-order chi connectivity index (χ1) is 13.0. The lowest BCUT2D eigenvalue weighted by Gasteiger charge is -2.23. The molecule has 2 aromatic carbocycles. The molecule has 3 rings (SSSR count). The summed E-state index contributed by atoms with van der Waals surface area (Å²) in [6.45, 7) is 2.35. The molecule has 1 aliphatic heterocycles. The van der Waals surface area contributed by atoms with Gasteiger partial charge >= 0.3 is 0 Å². The van der Waals surface area contributed by atoms with Crippen LogP contribution >= 0.6 is 0 Å². The third-order valence-electron chi connectivity index (χ3n) is 4.37. The van der Waals surface area contributed by atoms with Crippen LogP contribution in [0.1, 0.15) is 28.8 Å². The maximum Gasteiger partial charge on any atom is 0.255 e. The van der Waals surface area contributed by atoms with Crippen molar-refractivity contribution in [3.8, 4) is 17.2 Å². The largest absolute Gasteiger partial charge is 0.497 e. The molecule has 142 valence electrons. The van der Waals surface area contributed by atoms with Crippen molar-refractivity contribution in [3.63, 3.8) is 0 Å². The number of amides is 2. The SMILES string of the molecule is COc1ccc(Oc2ccc(F)cc2C(=O)NC2CCNC(=O)C2)c(C)c1. The van der Waals surface area contributed by atoms with Crippen molar-refractivity contribution in [3.05, 3.63) is 53.3 Å². The third-order valence-corrected chi connectivity index (χ3v) is 4.37. The number of ether oxygens (including phenoxy) is 2. The van der Waals surface area contributed by atoms with Crippen LogP contribution in [0.25, 0.3) is 0 Å². The van der Waals surface area contributed by atoms with Crippen LogP contribution in [0.5, 0.6) is 17.2 Å². The molecule has 0 bridgehead atoms. The maximum absolute atomic E-state index is 13.7. The van der Waals surface area contributed by atoms with Crippen LogP contribution < -0.4 is 20.1 Å². The van der Waals surface area contributed by atoms with Crippen LogP contribution in [0, 0.1) is 12.7 Å². The second kappa shape index (κ2) is 8.07. The smallest absolute Gasteiger partial charge is 0.255 e. The second-order valence-corrected chi connectivity index (χ2v) is 6.39. The summed E-state index contributed by atoms with van der Waals surface area (Å²) >= 11 is 0. The van der Waals surface area contributed by atoms with E-state index in [1.807, 2.05) is 6.92 Å².